The second-order valence-corrected chi connectivity index (χ2v) is 5.92. The van der Waals surface area contributed by atoms with Crippen LogP contribution in [0.5, 0.6) is 0 Å². The summed E-state index contributed by atoms with van der Waals surface area (Å²) >= 11 is 13.6. The van der Waals surface area contributed by atoms with Crippen LogP contribution in [0.3, 0.4) is 0 Å². The van der Waals surface area contributed by atoms with Crippen LogP contribution in [0.15, 0.2) is 18.2 Å². The van der Waals surface area contributed by atoms with E-state index in [-0.39, 0.29) is 11.9 Å². The zero-order valence-electron chi connectivity index (χ0n) is 10.9. The predicted molar refractivity (Wildman–Crippen MR) is 82.1 cm³/mol. The van der Waals surface area contributed by atoms with Crippen LogP contribution in [0, 0.1) is 0 Å². The SMILES string of the molecule is COC[C@@H](C)NC(=O)CSCc1c(Cl)cccc1Cl. The molecule has 0 fully saturated rings. The van der Waals surface area contributed by atoms with Crippen molar-refractivity contribution in [1.82, 2.24) is 5.32 Å². The highest BCUT2D eigenvalue weighted by atomic mass is 35.5. The number of carbonyl (C=O) groups excluding carboxylic acids is 1. The molecule has 1 aromatic carbocycles. The highest BCUT2D eigenvalue weighted by molar-refractivity contribution is 7.99. The van der Waals surface area contributed by atoms with Gasteiger partial charge in [-0.15, -0.1) is 11.8 Å². The molecule has 6 heteroatoms. The van der Waals surface area contributed by atoms with E-state index < -0.39 is 0 Å². The molecule has 106 valence electrons. The lowest BCUT2D eigenvalue weighted by Crippen LogP contribution is -2.36. The van der Waals surface area contributed by atoms with Gasteiger partial charge in [0, 0.05) is 28.9 Å². The number of halogens is 2. The fourth-order valence-electron chi connectivity index (χ4n) is 1.52. The van der Waals surface area contributed by atoms with E-state index >= 15 is 0 Å². The fourth-order valence-corrected chi connectivity index (χ4v) is 3.10. The van der Waals surface area contributed by atoms with Crippen molar-refractivity contribution in [3.63, 3.8) is 0 Å². The molecule has 1 aromatic rings. The Morgan fingerprint density at radius 1 is 1.42 bits per heavy atom. The van der Waals surface area contributed by atoms with Crippen molar-refractivity contribution in [2.45, 2.75) is 18.7 Å². The van der Waals surface area contributed by atoms with E-state index in [1.165, 1.54) is 11.8 Å². The van der Waals surface area contributed by atoms with Crippen molar-refractivity contribution < 1.29 is 9.53 Å². The minimum absolute atomic E-state index is 0.0157. The van der Waals surface area contributed by atoms with Crippen LogP contribution in [0.4, 0.5) is 0 Å². The van der Waals surface area contributed by atoms with Crippen molar-refractivity contribution in [1.29, 1.82) is 0 Å². The molecular formula is C13H17Cl2NO2S. The van der Waals surface area contributed by atoms with Gasteiger partial charge in [0.1, 0.15) is 0 Å². The minimum atomic E-state index is -0.0160. The maximum absolute atomic E-state index is 11.6. The van der Waals surface area contributed by atoms with Gasteiger partial charge in [0.05, 0.1) is 12.4 Å². The van der Waals surface area contributed by atoms with Gasteiger partial charge in [0.25, 0.3) is 0 Å². The van der Waals surface area contributed by atoms with Crippen molar-refractivity contribution >= 4 is 40.9 Å². The summed E-state index contributed by atoms with van der Waals surface area (Å²) in [5.74, 6) is 0.970. The van der Waals surface area contributed by atoms with Crippen molar-refractivity contribution in [3.8, 4) is 0 Å². The smallest absolute Gasteiger partial charge is 0.230 e. The van der Waals surface area contributed by atoms with Crippen LogP contribution in [0.1, 0.15) is 12.5 Å². The first-order valence-corrected chi connectivity index (χ1v) is 7.74. The fraction of sp³-hybridized carbons (Fsp3) is 0.462. The number of rotatable bonds is 7. The van der Waals surface area contributed by atoms with Crippen LogP contribution in [-0.2, 0) is 15.3 Å². The van der Waals surface area contributed by atoms with E-state index in [9.17, 15) is 4.79 Å². The minimum Gasteiger partial charge on any atom is -0.383 e. The average Bonchev–Trinajstić information content (AvgIpc) is 2.33. The highest BCUT2D eigenvalue weighted by Gasteiger charge is 2.09. The van der Waals surface area contributed by atoms with E-state index in [0.29, 0.717) is 28.2 Å². The van der Waals surface area contributed by atoms with Gasteiger partial charge in [0.15, 0.2) is 0 Å². The van der Waals surface area contributed by atoms with Gasteiger partial charge >= 0.3 is 0 Å². The normalized spacial score (nSPS) is 12.2. The molecule has 0 radical (unpaired) electrons. The third-order valence-electron chi connectivity index (χ3n) is 2.37. The van der Waals surface area contributed by atoms with Gasteiger partial charge in [0.2, 0.25) is 5.91 Å². The molecular weight excluding hydrogens is 305 g/mol. The molecule has 1 N–H and O–H groups in total. The second kappa shape index (κ2) is 8.69. The van der Waals surface area contributed by atoms with Gasteiger partial charge < -0.3 is 10.1 Å². The van der Waals surface area contributed by atoms with E-state index in [2.05, 4.69) is 5.32 Å². The molecule has 0 unspecified atom stereocenters. The molecule has 1 amide bonds. The van der Waals surface area contributed by atoms with Gasteiger partial charge in [-0.3, -0.25) is 4.79 Å². The zero-order valence-corrected chi connectivity index (χ0v) is 13.2. The number of methoxy groups -OCH3 is 1. The Morgan fingerprint density at radius 2 is 2.05 bits per heavy atom. The summed E-state index contributed by atoms with van der Waals surface area (Å²) in [6.07, 6.45) is 0. The summed E-state index contributed by atoms with van der Waals surface area (Å²) in [6, 6.07) is 5.41. The molecule has 1 atom stereocenters. The van der Waals surface area contributed by atoms with Gasteiger partial charge in [-0.25, -0.2) is 0 Å². The van der Waals surface area contributed by atoms with Crippen molar-refractivity contribution in [2.75, 3.05) is 19.5 Å². The first kappa shape index (κ1) is 16.6. The van der Waals surface area contributed by atoms with E-state index in [1.807, 2.05) is 6.92 Å². The maximum atomic E-state index is 11.6. The Labute approximate surface area is 128 Å². The Bertz CT molecular complexity index is 409. The second-order valence-electron chi connectivity index (χ2n) is 4.12. The number of thioether (sulfide) groups is 1. The van der Waals surface area contributed by atoms with E-state index in [4.69, 9.17) is 27.9 Å². The summed E-state index contributed by atoms with van der Waals surface area (Å²) < 4.78 is 4.95. The number of hydrogen-bond acceptors (Lipinski definition) is 3. The van der Waals surface area contributed by atoms with Gasteiger partial charge in [-0.2, -0.15) is 0 Å². The number of ether oxygens (including phenoxy) is 1. The lowest BCUT2D eigenvalue weighted by atomic mass is 10.2. The molecule has 0 aromatic heterocycles. The molecule has 1 rings (SSSR count). The average molecular weight is 322 g/mol. The third-order valence-corrected chi connectivity index (χ3v) is 4.03. The zero-order chi connectivity index (χ0) is 14.3. The van der Waals surface area contributed by atoms with Crippen molar-refractivity contribution in [2.24, 2.45) is 0 Å². The molecule has 0 aliphatic rings. The van der Waals surface area contributed by atoms with Crippen molar-refractivity contribution in [3.05, 3.63) is 33.8 Å². The van der Waals surface area contributed by atoms with Gasteiger partial charge in [-0.1, -0.05) is 29.3 Å². The molecule has 3 nitrogen and oxygen atoms in total. The lowest BCUT2D eigenvalue weighted by molar-refractivity contribution is -0.119. The van der Waals surface area contributed by atoms with Crippen LogP contribution in [-0.4, -0.2) is 31.4 Å². The number of hydrogen-bond donors (Lipinski definition) is 1. The quantitative estimate of drug-likeness (QED) is 0.836. The molecule has 0 spiro atoms. The molecule has 0 saturated heterocycles. The monoisotopic (exact) mass is 321 g/mol. The van der Waals surface area contributed by atoms with E-state index in [1.54, 1.807) is 25.3 Å². The topological polar surface area (TPSA) is 38.3 Å². The Kier molecular flexibility index (Phi) is 7.61. The Morgan fingerprint density at radius 3 is 2.63 bits per heavy atom. The molecule has 0 aliphatic carbocycles. The summed E-state index contributed by atoms with van der Waals surface area (Å²) in [7, 11) is 1.61. The number of carbonyl (C=O) groups is 1. The van der Waals surface area contributed by atoms with E-state index in [0.717, 1.165) is 5.56 Å². The predicted octanol–water partition coefficient (Wildman–Crippen LogP) is 3.38. The summed E-state index contributed by atoms with van der Waals surface area (Å²) in [5, 5.41) is 4.11. The molecule has 0 bridgehead atoms. The van der Waals surface area contributed by atoms with Crippen LogP contribution >= 0.6 is 35.0 Å². The summed E-state index contributed by atoms with van der Waals surface area (Å²) in [4.78, 5) is 11.6. The lowest BCUT2D eigenvalue weighted by Gasteiger charge is -2.12. The summed E-state index contributed by atoms with van der Waals surface area (Å²) in [5.41, 5.74) is 0.869. The van der Waals surface area contributed by atoms with Crippen LogP contribution < -0.4 is 5.32 Å². The first-order valence-electron chi connectivity index (χ1n) is 5.83. The molecule has 0 saturated carbocycles. The number of amides is 1. The Balaban J connectivity index is 2.36. The standard InChI is InChI=1S/C13H17Cl2NO2S/c1-9(6-18-2)16-13(17)8-19-7-10-11(14)4-3-5-12(10)15/h3-5,9H,6-8H2,1-2H3,(H,16,17)/t9-/m1/s1. The van der Waals surface area contributed by atoms with Crippen LogP contribution in [0.25, 0.3) is 0 Å². The summed E-state index contributed by atoms with van der Waals surface area (Å²) in [6.45, 7) is 2.41. The first-order chi connectivity index (χ1) is 9.04. The molecule has 19 heavy (non-hydrogen) atoms. The maximum Gasteiger partial charge on any atom is 0.230 e. The van der Waals surface area contributed by atoms with Crippen LogP contribution in [0.2, 0.25) is 10.0 Å². The molecule has 0 heterocycles. The third kappa shape index (κ3) is 6.04. The van der Waals surface area contributed by atoms with Gasteiger partial charge in [-0.05, 0) is 24.6 Å². The Hall–Kier alpha value is -0.420. The largest absolute Gasteiger partial charge is 0.383 e. The highest BCUT2D eigenvalue weighted by Crippen LogP contribution is 2.27. The number of nitrogens with one attached hydrogen (secondary N) is 1. The molecule has 0 aliphatic heterocycles. The number of benzene rings is 1.